The summed E-state index contributed by atoms with van der Waals surface area (Å²) in [4.78, 5) is 0. The summed E-state index contributed by atoms with van der Waals surface area (Å²) in [6, 6.07) is 37.6. The normalized spacial score (nSPS) is 11.5. The van der Waals surface area contributed by atoms with Crippen LogP contribution in [0, 0.1) is 6.92 Å². The van der Waals surface area contributed by atoms with Gasteiger partial charge in [-0.25, -0.2) is 0 Å². The molecule has 0 nitrogen and oxygen atoms in total. The second kappa shape index (κ2) is 12.1. The first-order valence-corrected chi connectivity index (χ1v) is 10.1. The minimum absolute atomic E-state index is 0. The number of rotatable bonds is 2. The summed E-state index contributed by atoms with van der Waals surface area (Å²) >= 11 is 0. The van der Waals surface area contributed by atoms with Gasteiger partial charge in [0.2, 0.25) is 0 Å². The largest absolute Gasteiger partial charge is 0.0776 e. The fraction of sp³-hybridized carbons (Fsp3) is 0.250. The molecule has 4 aromatic rings. The Morgan fingerprint density at radius 3 is 1.44 bits per heavy atom. The maximum atomic E-state index is 2.37. The average molecular weight is 427 g/mol. The van der Waals surface area contributed by atoms with E-state index in [2.05, 4.69) is 110 Å². The van der Waals surface area contributed by atoms with Gasteiger partial charge in [0, 0.05) is 0 Å². The van der Waals surface area contributed by atoms with Crippen molar-refractivity contribution in [1.82, 2.24) is 0 Å². The fourth-order valence-electron chi connectivity index (χ4n) is 4.56. The Kier molecular flexibility index (Phi) is 10.9. The third kappa shape index (κ3) is 4.28. The van der Waals surface area contributed by atoms with E-state index in [9.17, 15) is 0 Å². The molecule has 0 bridgehead atoms. The summed E-state index contributed by atoms with van der Waals surface area (Å²) in [7, 11) is 0. The molecule has 0 N–H and O–H groups in total. The fourth-order valence-corrected chi connectivity index (χ4v) is 4.56. The van der Waals surface area contributed by atoms with Crippen LogP contribution in [-0.4, -0.2) is 0 Å². The van der Waals surface area contributed by atoms with E-state index in [1.807, 2.05) is 13.8 Å². The molecule has 4 aromatic carbocycles. The van der Waals surface area contributed by atoms with Crippen LogP contribution < -0.4 is 0 Å². The van der Waals surface area contributed by atoms with Crippen molar-refractivity contribution >= 4 is 0 Å². The second-order valence-electron chi connectivity index (χ2n) is 7.08. The van der Waals surface area contributed by atoms with Gasteiger partial charge < -0.3 is 0 Å². The molecule has 1 aliphatic carbocycles. The molecule has 5 rings (SSSR count). The van der Waals surface area contributed by atoms with Gasteiger partial charge in [0.05, 0.1) is 5.41 Å². The topological polar surface area (TPSA) is 0 Å². The molecule has 0 unspecified atom stereocenters. The minimum Gasteiger partial charge on any atom is -0.0776 e. The summed E-state index contributed by atoms with van der Waals surface area (Å²) in [5.41, 5.74) is 9.13. The first-order chi connectivity index (χ1) is 13.8. The highest BCUT2D eigenvalue weighted by atomic mass is 14.5. The Morgan fingerprint density at radius 2 is 0.906 bits per heavy atom. The van der Waals surface area contributed by atoms with E-state index >= 15 is 0 Å². The number of hydrogen-bond donors (Lipinski definition) is 0. The molecule has 0 saturated carbocycles. The van der Waals surface area contributed by atoms with E-state index in [1.165, 1.54) is 38.9 Å². The highest BCUT2D eigenvalue weighted by Gasteiger charge is 2.45. The van der Waals surface area contributed by atoms with Gasteiger partial charge in [-0.1, -0.05) is 152 Å². The average Bonchev–Trinajstić information content (AvgIpc) is 3.07. The Morgan fingerprint density at radius 1 is 0.469 bits per heavy atom. The standard InChI is InChI=1S/C26H20.C2H6.4CH4/c1-19-16-17-23-22-14-8-9-15-24(22)26(25(23)18-19,20-10-4-2-5-11-20)21-12-6-3-7-13-21;1-2;;;;/h2-18H,1H3;1-2H3;4*1H4. The van der Waals surface area contributed by atoms with Gasteiger partial charge in [-0.05, 0) is 40.3 Å². The smallest absolute Gasteiger partial charge is 0.0713 e. The van der Waals surface area contributed by atoms with Crippen molar-refractivity contribution in [3.63, 3.8) is 0 Å². The number of fused-ring (bicyclic) bond motifs is 3. The van der Waals surface area contributed by atoms with Crippen LogP contribution in [0.25, 0.3) is 11.1 Å². The molecule has 0 heteroatoms. The molecule has 0 amide bonds. The molecule has 0 saturated heterocycles. The number of aryl methyl sites for hydroxylation is 1. The van der Waals surface area contributed by atoms with Crippen molar-refractivity contribution in [2.24, 2.45) is 0 Å². The van der Waals surface area contributed by atoms with Crippen molar-refractivity contribution < 1.29 is 0 Å². The zero-order chi connectivity index (χ0) is 19.6. The van der Waals surface area contributed by atoms with Crippen molar-refractivity contribution in [3.05, 3.63) is 131 Å². The van der Waals surface area contributed by atoms with Gasteiger partial charge in [-0.15, -0.1) is 0 Å². The number of hydrogen-bond acceptors (Lipinski definition) is 0. The molecule has 0 heterocycles. The van der Waals surface area contributed by atoms with E-state index in [4.69, 9.17) is 0 Å². The lowest BCUT2D eigenvalue weighted by atomic mass is 9.67. The molecule has 1 aliphatic rings. The lowest BCUT2D eigenvalue weighted by molar-refractivity contribution is 0.767. The molecular weight excluding hydrogens is 384 g/mol. The maximum Gasteiger partial charge on any atom is 0.0713 e. The predicted octanol–water partition coefficient (Wildman–Crippen LogP) is 9.93. The Hall–Kier alpha value is -3.12. The quantitative estimate of drug-likeness (QED) is 0.263. The van der Waals surface area contributed by atoms with Gasteiger partial charge in [-0.2, -0.15) is 0 Å². The van der Waals surface area contributed by atoms with Crippen LogP contribution >= 0.6 is 0 Å². The first-order valence-electron chi connectivity index (χ1n) is 10.1. The molecular formula is C32H42. The maximum absolute atomic E-state index is 2.37. The highest BCUT2D eigenvalue weighted by molar-refractivity contribution is 5.86. The predicted molar refractivity (Wildman–Crippen MR) is 147 cm³/mol. The molecule has 0 aromatic heterocycles. The van der Waals surface area contributed by atoms with Gasteiger partial charge in [-0.3, -0.25) is 0 Å². The second-order valence-corrected chi connectivity index (χ2v) is 7.08. The van der Waals surface area contributed by atoms with Crippen molar-refractivity contribution in [2.45, 2.75) is 55.9 Å². The molecule has 32 heavy (non-hydrogen) atoms. The third-order valence-corrected chi connectivity index (χ3v) is 5.61. The van der Waals surface area contributed by atoms with E-state index < -0.39 is 0 Å². The van der Waals surface area contributed by atoms with Crippen LogP contribution in [0.4, 0.5) is 0 Å². The van der Waals surface area contributed by atoms with Crippen LogP contribution in [0.15, 0.2) is 103 Å². The van der Waals surface area contributed by atoms with Gasteiger partial charge in [0.15, 0.2) is 0 Å². The first kappa shape index (κ1) is 28.9. The van der Waals surface area contributed by atoms with Gasteiger partial charge in [0.1, 0.15) is 0 Å². The van der Waals surface area contributed by atoms with Crippen LogP contribution in [0.3, 0.4) is 0 Å². The van der Waals surface area contributed by atoms with Crippen LogP contribution in [0.5, 0.6) is 0 Å². The third-order valence-electron chi connectivity index (χ3n) is 5.61. The summed E-state index contributed by atoms with van der Waals surface area (Å²) < 4.78 is 0. The molecule has 0 aliphatic heterocycles. The van der Waals surface area contributed by atoms with Crippen LogP contribution in [-0.2, 0) is 5.41 Å². The van der Waals surface area contributed by atoms with E-state index in [-0.39, 0.29) is 35.1 Å². The van der Waals surface area contributed by atoms with E-state index in [0.717, 1.165) is 0 Å². The lowest BCUT2D eigenvalue weighted by Crippen LogP contribution is -2.28. The Labute approximate surface area is 198 Å². The van der Waals surface area contributed by atoms with E-state index in [0.29, 0.717) is 0 Å². The summed E-state index contributed by atoms with van der Waals surface area (Å²) in [6.45, 7) is 6.18. The van der Waals surface area contributed by atoms with Crippen LogP contribution in [0.1, 0.15) is 71.4 Å². The van der Waals surface area contributed by atoms with Crippen molar-refractivity contribution in [1.29, 1.82) is 0 Å². The molecule has 0 spiro atoms. The SMILES string of the molecule is C.C.C.C.CC.Cc1ccc2c(c1)C(c1ccccc1)(c1ccccc1)c1ccccc1-2. The zero-order valence-corrected chi connectivity index (χ0v) is 16.8. The Balaban J connectivity index is 0.00000156. The van der Waals surface area contributed by atoms with E-state index in [1.54, 1.807) is 0 Å². The van der Waals surface area contributed by atoms with Crippen molar-refractivity contribution in [2.75, 3.05) is 0 Å². The van der Waals surface area contributed by atoms with Gasteiger partial charge in [0.25, 0.3) is 0 Å². The monoisotopic (exact) mass is 426 g/mol. The molecule has 0 radical (unpaired) electrons. The van der Waals surface area contributed by atoms with Crippen LogP contribution in [0.2, 0.25) is 0 Å². The lowest BCUT2D eigenvalue weighted by Gasteiger charge is -2.34. The molecule has 0 fully saturated rings. The molecule has 0 atom stereocenters. The van der Waals surface area contributed by atoms with Crippen molar-refractivity contribution in [3.8, 4) is 11.1 Å². The van der Waals surface area contributed by atoms with Gasteiger partial charge >= 0.3 is 0 Å². The summed E-state index contributed by atoms with van der Waals surface area (Å²) in [5, 5.41) is 0. The summed E-state index contributed by atoms with van der Waals surface area (Å²) in [6.07, 6.45) is 0. The number of benzene rings is 4. The minimum atomic E-state index is -0.263. The Bertz CT molecular complexity index is 1040. The highest BCUT2D eigenvalue weighted by Crippen LogP contribution is 2.55. The zero-order valence-electron chi connectivity index (χ0n) is 16.8. The summed E-state index contributed by atoms with van der Waals surface area (Å²) in [5.74, 6) is 0. The molecule has 170 valence electrons.